The van der Waals surface area contributed by atoms with Crippen LogP contribution in [0, 0.1) is 11.6 Å². The van der Waals surface area contributed by atoms with E-state index in [9.17, 15) is 33.1 Å². The smallest absolute Gasteiger partial charge is 0.870 e. The average molecular weight is 705 g/mol. The van der Waals surface area contributed by atoms with E-state index in [1.807, 2.05) is 54.7 Å². The Labute approximate surface area is 309 Å². The van der Waals surface area contributed by atoms with Gasteiger partial charge in [0, 0.05) is 58.2 Å². The molecule has 14 heteroatoms. The van der Waals surface area contributed by atoms with Gasteiger partial charge in [-0.2, -0.15) is 0 Å². The van der Waals surface area contributed by atoms with E-state index in [4.69, 9.17) is 4.74 Å². The molecule has 11 nitrogen and oxygen atoms in total. The summed E-state index contributed by atoms with van der Waals surface area (Å²) in [4.78, 5) is 54.6. The fourth-order valence-electron chi connectivity index (χ4n) is 5.36. The zero-order chi connectivity index (χ0) is 35.6. The first-order valence-corrected chi connectivity index (χ1v) is 15.7. The molecular weight excluding hydrogens is 669 g/mol. The molecule has 0 spiro atoms. The molecule has 0 aliphatic heterocycles. The summed E-state index contributed by atoms with van der Waals surface area (Å²) in [6, 6.07) is 23.4. The van der Waals surface area contributed by atoms with Gasteiger partial charge in [-0.3, -0.25) is 9.59 Å². The predicted molar refractivity (Wildman–Crippen MR) is 186 cm³/mol. The van der Waals surface area contributed by atoms with Crippen LogP contribution in [0.4, 0.5) is 8.78 Å². The number of carbonyl (C=O) groups excluding carboxylic acids is 3. The molecular formula is C38H35F2LiN4O7. The number of rotatable bonds is 11. The van der Waals surface area contributed by atoms with Gasteiger partial charge in [0.1, 0.15) is 23.7 Å². The van der Waals surface area contributed by atoms with Crippen LogP contribution < -0.4 is 29.5 Å². The monoisotopic (exact) mass is 704 g/mol. The van der Waals surface area contributed by atoms with Crippen LogP contribution in [-0.4, -0.2) is 63.0 Å². The average Bonchev–Trinajstić information content (AvgIpc) is 3.72. The minimum Gasteiger partial charge on any atom is -0.870 e. The Hall–Kier alpha value is -5.74. The molecule has 2 amide bonds. The standard InChI is InChI=1S/C20H19FN2O3.C18H15FN2O3.Li.H2O/c1-2-26-20(25)18(23-19(24)13-7-9-15(21)10-8-13)11-14-12-22-17-6-4-3-5-16(14)17;19-13-7-5-11(6-8-13)17(22)21-16(18(23)24)9-12-10-20-15-4-2-1-3-14(12)15;;/h3-10,12,18,22H,2,11H2,1H3,(H,23,24);1-8,10,16,20H,9H2,(H,21,22)(H,23,24);;1H2/q;;+1;/p-1/t18-;16-;;/m00../s1. The maximum atomic E-state index is 13.0. The number of amides is 2. The molecule has 0 aliphatic carbocycles. The van der Waals surface area contributed by atoms with E-state index in [0.29, 0.717) is 0 Å². The number of aromatic amines is 2. The van der Waals surface area contributed by atoms with E-state index in [0.717, 1.165) is 45.1 Å². The second-order valence-electron chi connectivity index (χ2n) is 11.3. The van der Waals surface area contributed by atoms with Crippen molar-refractivity contribution in [3.63, 3.8) is 0 Å². The van der Waals surface area contributed by atoms with Crippen molar-refractivity contribution in [2.24, 2.45) is 0 Å². The molecule has 0 saturated heterocycles. The van der Waals surface area contributed by atoms with E-state index in [1.54, 1.807) is 13.1 Å². The van der Waals surface area contributed by atoms with Crippen LogP contribution in [0.1, 0.15) is 38.8 Å². The van der Waals surface area contributed by atoms with Crippen molar-refractivity contribution in [2.75, 3.05) is 6.61 Å². The second-order valence-corrected chi connectivity index (χ2v) is 11.3. The molecule has 0 radical (unpaired) electrons. The van der Waals surface area contributed by atoms with E-state index in [1.165, 1.54) is 36.4 Å². The van der Waals surface area contributed by atoms with Gasteiger partial charge in [-0.25, -0.2) is 18.4 Å². The minimum absolute atomic E-state index is 0. The van der Waals surface area contributed by atoms with Crippen LogP contribution in [0.2, 0.25) is 0 Å². The van der Waals surface area contributed by atoms with E-state index in [2.05, 4.69) is 20.6 Å². The molecule has 6 N–H and O–H groups in total. The van der Waals surface area contributed by atoms with Gasteiger partial charge in [0.15, 0.2) is 0 Å². The molecule has 6 rings (SSSR count). The molecule has 2 aromatic heterocycles. The third kappa shape index (κ3) is 10.4. The molecule has 0 fully saturated rings. The van der Waals surface area contributed by atoms with Crippen molar-refractivity contribution in [1.29, 1.82) is 0 Å². The number of hydrogen-bond acceptors (Lipinski definition) is 6. The summed E-state index contributed by atoms with van der Waals surface area (Å²) < 4.78 is 31.0. The van der Waals surface area contributed by atoms with E-state index < -0.39 is 47.5 Å². The van der Waals surface area contributed by atoms with Crippen molar-refractivity contribution in [3.05, 3.63) is 143 Å². The summed E-state index contributed by atoms with van der Waals surface area (Å²) in [7, 11) is 0. The first-order chi connectivity index (χ1) is 24.1. The Kier molecular flexibility index (Phi) is 14.9. The number of fused-ring (bicyclic) bond motifs is 2. The molecule has 264 valence electrons. The summed E-state index contributed by atoms with van der Waals surface area (Å²) in [5.74, 6) is -3.53. The number of nitrogens with one attached hydrogen (secondary N) is 4. The maximum absolute atomic E-state index is 13.0. The topological polar surface area (TPSA) is 183 Å². The SMILES string of the molecule is CCOC(=O)[C@H](Cc1c[nH]c2ccccc12)NC(=O)c1ccc(F)cc1.O=C(N[C@@H](Cc1c[nH]c2ccccc12)C(=O)O)c1ccc(F)cc1.[Li+].[OH-]. The molecule has 52 heavy (non-hydrogen) atoms. The van der Waals surface area contributed by atoms with Gasteiger partial charge < -0.3 is 35.9 Å². The van der Waals surface area contributed by atoms with Gasteiger partial charge in [-0.15, -0.1) is 0 Å². The Morgan fingerprint density at radius 1 is 0.673 bits per heavy atom. The minimum atomic E-state index is -1.13. The number of halogens is 2. The molecule has 6 aromatic rings. The van der Waals surface area contributed by atoms with Gasteiger partial charge in [0.05, 0.1) is 6.61 Å². The van der Waals surface area contributed by atoms with E-state index >= 15 is 0 Å². The number of esters is 1. The summed E-state index contributed by atoms with van der Waals surface area (Å²) >= 11 is 0. The molecule has 0 unspecified atom stereocenters. The fraction of sp³-hybridized carbons (Fsp3) is 0.158. The van der Waals surface area contributed by atoms with Crippen molar-refractivity contribution in [3.8, 4) is 0 Å². The Morgan fingerprint density at radius 3 is 1.50 bits per heavy atom. The summed E-state index contributed by atoms with van der Waals surface area (Å²) in [5.41, 5.74) is 4.05. The number of carboxylic acids is 1. The Bertz CT molecular complexity index is 2120. The van der Waals surface area contributed by atoms with Gasteiger partial charge in [-0.1, -0.05) is 36.4 Å². The maximum Gasteiger partial charge on any atom is 1.00 e. The van der Waals surface area contributed by atoms with Crippen LogP contribution in [0.3, 0.4) is 0 Å². The fourth-order valence-corrected chi connectivity index (χ4v) is 5.36. The Morgan fingerprint density at radius 2 is 1.08 bits per heavy atom. The van der Waals surface area contributed by atoms with Crippen molar-refractivity contribution in [1.82, 2.24) is 20.6 Å². The number of carboxylic acid groups (broad SMARTS) is 1. The van der Waals surface area contributed by atoms with Gasteiger partial charge in [-0.05, 0) is 78.7 Å². The zero-order valence-electron chi connectivity index (χ0n) is 28.4. The number of hydrogen-bond donors (Lipinski definition) is 5. The van der Waals surface area contributed by atoms with Gasteiger partial charge in [0.2, 0.25) is 0 Å². The summed E-state index contributed by atoms with van der Waals surface area (Å²) in [5, 5.41) is 16.5. The molecule has 2 atom stereocenters. The van der Waals surface area contributed by atoms with Crippen LogP contribution in [0.25, 0.3) is 21.8 Å². The normalized spacial score (nSPS) is 11.5. The number of para-hydroxylation sites is 2. The zero-order valence-corrected chi connectivity index (χ0v) is 28.4. The van der Waals surface area contributed by atoms with Crippen LogP contribution in [-0.2, 0) is 27.2 Å². The second kappa shape index (κ2) is 19.0. The Balaban J connectivity index is 0.000000271. The van der Waals surface area contributed by atoms with Crippen LogP contribution >= 0.6 is 0 Å². The van der Waals surface area contributed by atoms with E-state index in [-0.39, 0.29) is 54.9 Å². The first-order valence-electron chi connectivity index (χ1n) is 15.7. The third-order valence-electron chi connectivity index (χ3n) is 7.89. The summed E-state index contributed by atoms with van der Waals surface area (Å²) in [6.07, 6.45) is 3.99. The number of aromatic nitrogens is 2. The van der Waals surface area contributed by atoms with Crippen LogP contribution in [0.15, 0.2) is 109 Å². The number of ether oxygens (including phenoxy) is 1. The van der Waals surface area contributed by atoms with Crippen molar-refractivity contribution in [2.45, 2.75) is 31.8 Å². The predicted octanol–water partition coefficient (Wildman–Crippen LogP) is 2.77. The van der Waals surface area contributed by atoms with Crippen molar-refractivity contribution < 1.29 is 62.1 Å². The quantitative estimate of drug-likeness (QED) is 0.102. The number of aliphatic carboxylic acids is 1. The van der Waals surface area contributed by atoms with Gasteiger partial charge in [0.25, 0.3) is 11.8 Å². The molecule has 4 aromatic carbocycles. The molecule has 0 bridgehead atoms. The largest absolute Gasteiger partial charge is 1.00 e. The first kappa shape index (κ1) is 40.7. The molecule has 0 aliphatic rings. The number of carbonyl (C=O) groups is 4. The summed E-state index contributed by atoms with van der Waals surface area (Å²) in [6.45, 7) is 1.93. The molecule has 2 heterocycles. The third-order valence-corrected chi connectivity index (χ3v) is 7.89. The number of H-pyrrole nitrogens is 2. The molecule has 0 saturated carbocycles. The van der Waals surface area contributed by atoms with Crippen molar-refractivity contribution >= 4 is 45.6 Å². The number of benzene rings is 4. The van der Waals surface area contributed by atoms with Crippen LogP contribution in [0.5, 0.6) is 0 Å². The van der Waals surface area contributed by atoms with Gasteiger partial charge >= 0.3 is 30.8 Å².